The average molecular weight is 274 g/mol. The van der Waals surface area contributed by atoms with E-state index >= 15 is 0 Å². The summed E-state index contributed by atoms with van der Waals surface area (Å²) in [5.41, 5.74) is 4.81. The average Bonchev–Trinajstić information content (AvgIpc) is 2.79. The number of aromatic nitrogens is 2. The molecular formula is C16H22N2O2. The highest BCUT2D eigenvalue weighted by Gasteiger charge is 2.20. The Labute approximate surface area is 119 Å². The zero-order chi connectivity index (χ0) is 14.1. The molecule has 0 saturated carbocycles. The summed E-state index contributed by atoms with van der Waals surface area (Å²) in [6.45, 7) is 5.81. The Bertz CT molecular complexity index is 606. The van der Waals surface area contributed by atoms with Crippen LogP contribution in [0.3, 0.4) is 0 Å². The van der Waals surface area contributed by atoms with Crippen LogP contribution in [0.4, 0.5) is 0 Å². The van der Waals surface area contributed by atoms with Crippen LogP contribution >= 0.6 is 0 Å². The molecule has 1 aromatic heterocycles. The second kappa shape index (κ2) is 5.54. The lowest BCUT2D eigenvalue weighted by atomic mass is 10.0. The molecule has 1 aliphatic heterocycles. The van der Waals surface area contributed by atoms with E-state index in [4.69, 9.17) is 4.74 Å². The number of aryl methyl sites for hydroxylation is 3. The number of rotatable bonds is 3. The van der Waals surface area contributed by atoms with Crippen LogP contribution in [0.5, 0.6) is 0 Å². The molecule has 2 atom stereocenters. The van der Waals surface area contributed by atoms with Gasteiger partial charge in [-0.1, -0.05) is 0 Å². The molecule has 0 radical (unpaired) electrons. The van der Waals surface area contributed by atoms with Crippen molar-refractivity contribution in [3.8, 4) is 0 Å². The van der Waals surface area contributed by atoms with Gasteiger partial charge in [-0.05, 0) is 56.4 Å². The van der Waals surface area contributed by atoms with Gasteiger partial charge in [-0.2, -0.15) is 0 Å². The van der Waals surface area contributed by atoms with Crippen molar-refractivity contribution in [1.29, 1.82) is 0 Å². The summed E-state index contributed by atoms with van der Waals surface area (Å²) in [6, 6.07) is 4.34. The van der Waals surface area contributed by atoms with E-state index < -0.39 is 0 Å². The second-order valence-electron chi connectivity index (χ2n) is 5.82. The van der Waals surface area contributed by atoms with Gasteiger partial charge in [0.05, 0.1) is 29.6 Å². The molecule has 2 aromatic rings. The highest BCUT2D eigenvalue weighted by Crippen LogP contribution is 2.21. The molecule has 1 aliphatic rings. The van der Waals surface area contributed by atoms with Crippen molar-refractivity contribution in [3.05, 3.63) is 29.6 Å². The molecule has 2 heterocycles. The Morgan fingerprint density at radius 1 is 1.35 bits per heavy atom. The maximum Gasteiger partial charge on any atom is 0.0958 e. The summed E-state index contributed by atoms with van der Waals surface area (Å²) in [4.78, 5) is 4.47. The number of benzene rings is 1. The van der Waals surface area contributed by atoms with Crippen LogP contribution in [-0.4, -0.2) is 33.5 Å². The van der Waals surface area contributed by atoms with Gasteiger partial charge in [0.25, 0.3) is 0 Å². The van der Waals surface area contributed by atoms with Crippen molar-refractivity contribution < 1.29 is 9.84 Å². The molecule has 0 amide bonds. The molecule has 4 nitrogen and oxygen atoms in total. The van der Waals surface area contributed by atoms with E-state index in [0.717, 1.165) is 31.3 Å². The van der Waals surface area contributed by atoms with E-state index in [1.54, 1.807) is 0 Å². The molecule has 0 bridgehead atoms. The van der Waals surface area contributed by atoms with Crippen LogP contribution in [0, 0.1) is 13.8 Å². The molecular weight excluding hydrogens is 252 g/mol. The Balaban J connectivity index is 1.73. The Hall–Kier alpha value is -1.39. The fourth-order valence-electron chi connectivity index (χ4n) is 2.84. The second-order valence-corrected chi connectivity index (χ2v) is 5.82. The summed E-state index contributed by atoms with van der Waals surface area (Å²) < 4.78 is 7.89. The Morgan fingerprint density at radius 3 is 2.95 bits per heavy atom. The lowest BCUT2D eigenvalue weighted by Crippen LogP contribution is -2.29. The monoisotopic (exact) mass is 274 g/mol. The quantitative estimate of drug-likeness (QED) is 0.935. The summed E-state index contributed by atoms with van der Waals surface area (Å²) >= 11 is 0. The fraction of sp³-hybridized carbons (Fsp3) is 0.562. The maximum absolute atomic E-state index is 9.68. The van der Waals surface area contributed by atoms with E-state index in [9.17, 15) is 5.11 Å². The van der Waals surface area contributed by atoms with Crippen molar-refractivity contribution in [2.24, 2.45) is 0 Å². The SMILES string of the molecule is Cc1cc2ncn(CC[C@H]3C[C@H](O)CCO3)c2cc1C. The van der Waals surface area contributed by atoms with E-state index in [1.807, 2.05) is 6.33 Å². The van der Waals surface area contributed by atoms with Crippen LogP contribution in [-0.2, 0) is 11.3 Å². The molecule has 1 saturated heterocycles. The first-order valence-electron chi connectivity index (χ1n) is 7.35. The maximum atomic E-state index is 9.68. The van der Waals surface area contributed by atoms with Gasteiger partial charge in [0.15, 0.2) is 0 Å². The summed E-state index contributed by atoms with van der Waals surface area (Å²) in [6.07, 6.45) is 4.33. The number of imidazole rings is 1. The van der Waals surface area contributed by atoms with Gasteiger partial charge < -0.3 is 14.4 Å². The van der Waals surface area contributed by atoms with Crippen LogP contribution in [0.2, 0.25) is 0 Å². The smallest absolute Gasteiger partial charge is 0.0958 e. The van der Waals surface area contributed by atoms with Gasteiger partial charge in [0, 0.05) is 13.2 Å². The molecule has 0 unspecified atom stereocenters. The number of aliphatic hydroxyl groups is 1. The minimum Gasteiger partial charge on any atom is -0.393 e. The Kier molecular flexibility index (Phi) is 3.76. The van der Waals surface area contributed by atoms with Gasteiger partial charge in [-0.15, -0.1) is 0 Å². The van der Waals surface area contributed by atoms with E-state index in [0.29, 0.717) is 6.61 Å². The van der Waals surface area contributed by atoms with Gasteiger partial charge in [-0.3, -0.25) is 0 Å². The minimum absolute atomic E-state index is 0.169. The first kappa shape index (κ1) is 13.6. The van der Waals surface area contributed by atoms with Crippen LogP contribution in [0.25, 0.3) is 11.0 Å². The fourth-order valence-corrected chi connectivity index (χ4v) is 2.84. The molecule has 20 heavy (non-hydrogen) atoms. The molecule has 4 heteroatoms. The van der Waals surface area contributed by atoms with Crippen LogP contribution < -0.4 is 0 Å². The highest BCUT2D eigenvalue weighted by molar-refractivity contribution is 5.77. The first-order chi connectivity index (χ1) is 9.63. The Morgan fingerprint density at radius 2 is 2.15 bits per heavy atom. The summed E-state index contributed by atoms with van der Waals surface area (Å²) in [5.74, 6) is 0. The number of nitrogens with zero attached hydrogens (tertiary/aromatic N) is 2. The summed E-state index contributed by atoms with van der Waals surface area (Å²) in [7, 11) is 0. The first-order valence-corrected chi connectivity index (χ1v) is 7.35. The van der Waals surface area contributed by atoms with Crippen molar-refractivity contribution in [1.82, 2.24) is 9.55 Å². The molecule has 108 valence electrons. The molecule has 1 aromatic carbocycles. The van der Waals surface area contributed by atoms with Gasteiger partial charge in [0.2, 0.25) is 0 Å². The predicted octanol–water partition coefficient (Wildman–Crippen LogP) is 2.58. The van der Waals surface area contributed by atoms with Crippen molar-refractivity contribution >= 4 is 11.0 Å². The zero-order valence-corrected chi connectivity index (χ0v) is 12.2. The topological polar surface area (TPSA) is 47.3 Å². The molecule has 0 aliphatic carbocycles. The van der Waals surface area contributed by atoms with Gasteiger partial charge >= 0.3 is 0 Å². The molecule has 1 N–H and O–H groups in total. The third-order valence-corrected chi connectivity index (χ3v) is 4.27. The predicted molar refractivity (Wildman–Crippen MR) is 78.8 cm³/mol. The lowest BCUT2D eigenvalue weighted by molar-refractivity contribution is -0.0475. The third kappa shape index (κ3) is 2.72. The van der Waals surface area contributed by atoms with Crippen LogP contribution in [0.15, 0.2) is 18.5 Å². The molecule has 1 fully saturated rings. The van der Waals surface area contributed by atoms with Crippen molar-refractivity contribution in [2.75, 3.05) is 6.61 Å². The number of fused-ring (bicyclic) bond motifs is 1. The number of aliphatic hydroxyl groups excluding tert-OH is 1. The normalized spacial score (nSPS) is 23.4. The highest BCUT2D eigenvalue weighted by atomic mass is 16.5. The summed E-state index contributed by atoms with van der Waals surface area (Å²) in [5, 5.41) is 9.68. The van der Waals surface area contributed by atoms with Crippen molar-refractivity contribution in [3.63, 3.8) is 0 Å². The number of hydrogen-bond donors (Lipinski definition) is 1. The lowest BCUT2D eigenvalue weighted by Gasteiger charge is -2.26. The molecule has 3 rings (SSSR count). The minimum atomic E-state index is -0.196. The van der Waals surface area contributed by atoms with Gasteiger partial charge in [0.1, 0.15) is 0 Å². The van der Waals surface area contributed by atoms with E-state index in [1.165, 1.54) is 16.6 Å². The number of ether oxygens (including phenoxy) is 1. The van der Waals surface area contributed by atoms with Gasteiger partial charge in [-0.25, -0.2) is 4.98 Å². The van der Waals surface area contributed by atoms with Crippen LogP contribution in [0.1, 0.15) is 30.4 Å². The standard InChI is InChI=1S/C16H22N2O2/c1-11-7-15-16(8-12(11)2)18(10-17-15)5-3-14-9-13(19)4-6-20-14/h7-8,10,13-14,19H,3-6,9H2,1-2H3/t13-,14+/m1/s1. The zero-order valence-electron chi connectivity index (χ0n) is 12.2. The van der Waals surface area contributed by atoms with E-state index in [2.05, 4.69) is 35.5 Å². The van der Waals surface area contributed by atoms with E-state index in [-0.39, 0.29) is 12.2 Å². The molecule has 0 spiro atoms. The number of hydrogen-bond acceptors (Lipinski definition) is 3. The third-order valence-electron chi connectivity index (χ3n) is 4.27. The largest absolute Gasteiger partial charge is 0.393 e. The van der Waals surface area contributed by atoms with Crippen molar-refractivity contribution in [2.45, 2.75) is 51.9 Å².